The largest absolute Gasteiger partial charge is 0.398 e. The van der Waals surface area contributed by atoms with Crippen molar-refractivity contribution in [3.63, 3.8) is 0 Å². The van der Waals surface area contributed by atoms with E-state index in [9.17, 15) is 9.59 Å². The number of Topliss-reactive ketones (excluding diaryl/α,β-unsaturated/α-hetero) is 2. The first kappa shape index (κ1) is 12.6. The zero-order valence-electron chi connectivity index (χ0n) is 11.6. The Bertz CT molecular complexity index is 980. The van der Waals surface area contributed by atoms with Gasteiger partial charge in [0.05, 0.1) is 11.1 Å². The molecule has 1 aliphatic carbocycles. The summed E-state index contributed by atoms with van der Waals surface area (Å²) in [6.45, 7) is 0. The Morgan fingerprint density at radius 3 is 2.59 bits per heavy atom. The third-order valence-electron chi connectivity index (χ3n) is 3.98. The lowest BCUT2D eigenvalue weighted by Crippen LogP contribution is -2.01. The summed E-state index contributed by atoms with van der Waals surface area (Å²) in [5.41, 5.74) is 8.84. The molecule has 0 saturated heterocycles. The van der Waals surface area contributed by atoms with Gasteiger partial charge in [-0.05, 0) is 18.2 Å². The smallest absolute Gasteiger partial charge is 0.199 e. The van der Waals surface area contributed by atoms with Gasteiger partial charge in [-0.3, -0.25) is 9.59 Å². The number of carbonyl (C=O) groups excluding carboxylic acids is 2. The molecule has 4 nitrogen and oxygen atoms in total. The van der Waals surface area contributed by atoms with E-state index in [2.05, 4.69) is 4.98 Å². The van der Waals surface area contributed by atoms with Crippen LogP contribution in [-0.2, 0) is 0 Å². The van der Waals surface area contributed by atoms with Crippen molar-refractivity contribution < 1.29 is 9.59 Å². The van der Waals surface area contributed by atoms with Gasteiger partial charge in [-0.25, -0.2) is 0 Å². The summed E-state index contributed by atoms with van der Waals surface area (Å²) < 4.78 is 0. The lowest BCUT2D eigenvalue weighted by molar-refractivity contribution is 0.0991. The van der Waals surface area contributed by atoms with Gasteiger partial charge in [-0.2, -0.15) is 0 Å². The van der Waals surface area contributed by atoms with Crippen molar-refractivity contribution in [1.82, 2.24) is 4.98 Å². The van der Waals surface area contributed by atoms with Crippen molar-refractivity contribution in [2.75, 3.05) is 5.73 Å². The van der Waals surface area contributed by atoms with Crippen molar-refractivity contribution in [2.45, 2.75) is 0 Å². The third kappa shape index (κ3) is 1.64. The van der Waals surface area contributed by atoms with Crippen LogP contribution in [0.15, 0.2) is 54.2 Å². The summed E-state index contributed by atoms with van der Waals surface area (Å²) in [4.78, 5) is 28.1. The number of nitrogens with two attached hydrogens (primary N) is 1. The Kier molecular flexibility index (Phi) is 2.53. The number of nitrogens with one attached hydrogen (secondary N) is 1. The fourth-order valence-electron chi connectivity index (χ4n) is 2.90. The highest BCUT2D eigenvalue weighted by molar-refractivity contribution is 6.42. The molecule has 3 aromatic rings. The molecule has 0 amide bonds. The molecule has 1 heterocycles. The van der Waals surface area contributed by atoms with E-state index in [1.807, 2.05) is 24.3 Å². The molecule has 22 heavy (non-hydrogen) atoms. The standard InChI is InChI=1S/C18H12N2O2/c19-14-6-3-5-12-16(14)18(22)13(17(12)21)8-10-9-20-15-7-2-1-4-11(10)15/h1-9,20H,19H2/b13-8-. The second-order valence-corrected chi connectivity index (χ2v) is 5.28. The van der Waals surface area contributed by atoms with Gasteiger partial charge < -0.3 is 10.7 Å². The second kappa shape index (κ2) is 4.43. The highest BCUT2D eigenvalue weighted by atomic mass is 16.2. The summed E-state index contributed by atoms with van der Waals surface area (Å²) in [6.07, 6.45) is 3.44. The van der Waals surface area contributed by atoms with E-state index in [0.29, 0.717) is 16.8 Å². The Balaban J connectivity index is 1.89. The van der Waals surface area contributed by atoms with E-state index >= 15 is 0 Å². The van der Waals surface area contributed by atoms with Crippen LogP contribution in [-0.4, -0.2) is 16.6 Å². The predicted octanol–water partition coefficient (Wildman–Crippen LogP) is 3.21. The van der Waals surface area contributed by atoms with Crippen molar-refractivity contribution in [1.29, 1.82) is 0 Å². The summed E-state index contributed by atoms with van der Waals surface area (Å²) in [5, 5.41) is 0.972. The van der Waals surface area contributed by atoms with Gasteiger partial charge in [0, 0.05) is 33.9 Å². The molecule has 0 fully saturated rings. The van der Waals surface area contributed by atoms with Crippen molar-refractivity contribution in [3.8, 4) is 0 Å². The maximum absolute atomic E-state index is 12.5. The molecule has 106 valence electrons. The Morgan fingerprint density at radius 1 is 0.955 bits per heavy atom. The molecule has 0 spiro atoms. The number of nitrogen functional groups attached to an aromatic ring is 1. The topological polar surface area (TPSA) is 76.0 Å². The molecule has 0 unspecified atom stereocenters. The van der Waals surface area contributed by atoms with Gasteiger partial charge in [-0.1, -0.05) is 30.3 Å². The maximum Gasteiger partial charge on any atom is 0.199 e. The normalized spacial score (nSPS) is 15.7. The van der Waals surface area contributed by atoms with Crippen LogP contribution < -0.4 is 5.73 Å². The van der Waals surface area contributed by atoms with Crippen molar-refractivity contribution in [2.24, 2.45) is 0 Å². The number of anilines is 1. The number of fused-ring (bicyclic) bond motifs is 2. The van der Waals surface area contributed by atoms with Crippen LogP contribution in [0.5, 0.6) is 0 Å². The molecule has 0 radical (unpaired) electrons. The number of para-hydroxylation sites is 1. The summed E-state index contributed by atoms with van der Waals surface area (Å²) in [6, 6.07) is 12.7. The van der Waals surface area contributed by atoms with Gasteiger partial charge >= 0.3 is 0 Å². The first-order valence-corrected chi connectivity index (χ1v) is 6.92. The third-order valence-corrected chi connectivity index (χ3v) is 3.98. The summed E-state index contributed by atoms with van der Waals surface area (Å²) in [7, 11) is 0. The van der Waals surface area contributed by atoms with E-state index in [-0.39, 0.29) is 17.1 Å². The van der Waals surface area contributed by atoms with E-state index in [1.54, 1.807) is 30.5 Å². The highest BCUT2D eigenvalue weighted by Crippen LogP contribution is 2.32. The lowest BCUT2D eigenvalue weighted by Gasteiger charge is -1.98. The van der Waals surface area contributed by atoms with E-state index in [4.69, 9.17) is 5.73 Å². The molecule has 0 bridgehead atoms. The predicted molar refractivity (Wildman–Crippen MR) is 85.8 cm³/mol. The van der Waals surface area contributed by atoms with Gasteiger partial charge in [-0.15, -0.1) is 0 Å². The molecule has 0 aliphatic heterocycles. The second-order valence-electron chi connectivity index (χ2n) is 5.28. The van der Waals surface area contributed by atoms with E-state index in [1.165, 1.54) is 0 Å². The van der Waals surface area contributed by atoms with Gasteiger partial charge in [0.2, 0.25) is 0 Å². The molecule has 1 aromatic heterocycles. The summed E-state index contributed by atoms with van der Waals surface area (Å²) >= 11 is 0. The van der Waals surface area contributed by atoms with Crippen LogP contribution in [0.1, 0.15) is 26.3 Å². The number of aromatic nitrogens is 1. The number of carbonyl (C=O) groups is 2. The molecule has 4 rings (SSSR count). The van der Waals surface area contributed by atoms with Crippen LogP contribution in [0.25, 0.3) is 17.0 Å². The minimum atomic E-state index is -0.302. The Hall–Kier alpha value is -3.14. The van der Waals surface area contributed by atoms with Crippen LogP contribution in [0, 0.1) is 0 Å². The quantitative estimate of drug-likeness (QED) is 0.410. The first-order chi connectivity index (χ1) is 10.7. The number of rotatable bonds is 1. The van der Waals surface area contributed by atoms with E-state index < -0.39 is 0 Å². The molecule has 0 saturated carbocycles. The van der Waals surface area contributed by atoms with Crippen LogP contribution >= 0.6 is 0 Å². The number of allylic oxidation sites excluding steroid dienone is 1. The minimum absolute atomic E-state index is 0.164. The lowest BCUT2D eigenvalue weighted by atomic mass is 10.1. The average molecular weight is 288 g/mol. The maximum atomic E-state index is 12.5. The number of ketones is 2. The number of benzene rings is 2. The zero-order chi connectivity index (χ0) is 15.3. The monoisotopic (exact) mass is 288 g/mol. The molecule has 3 N–H and O–H groups in total. The molecule has 1 aliphatic rings. The molecular formula is C18H12N2O2. The zero-order valence-corrected chi connectivity index (χ0v) is 11.6. The van der Waals surface area contributed by atoms with Crippen molar-refractivity contribution >= 4 is 34.2 Å². The average Bonchev–Trinajstić information content (AvgIpc) is 3.04. The van der Waals surface area contributed by atoms with Crippen LogP contribution in [0.4, 0.5) is 5.69 Å². The Labute approximate surface area is 126 Å². The van der Waals surface area contributed by atoms with Gasteiger partial charge in [0.15, 0.2) is 11.6 Å². The first-order valence-electron chi connectivity index (χ1n) is 6.92. The highest BCUT2D eigenvalue weighted by Gasteiger charge is 2.34. The SMILES string of the molecule is Nc1cccc2c1C(=O)/C(=C\c1c[nH]c3ccccc13)C2=O. The fraction of sp³-hybridized carbons (Fsp3) is 0. The minimum Gasteiger partial charge on any atom is -0.398 e. The van der Waals surface area contributed by atoms with Crippen LogP contribution in [0.2, 0.25) is 0 Å². The van der Waals surface area contributed by atoms with Gasteiger partial charge in [0.25, 0.3) is 0 Å². The number of hydrogen-bond donors (Lipinski definition) is 2. The number of aromatic amines is 1. The number of hydrogen-bond acceptors (Lipinski definition) is 3. The van der Waals surface area contributed by atoms with E-state index in [0.717, 1.165) is 16.5 Å². The molecule has 2 aromatic carbocycles. The van der Waals surface area contributed by atoms with Crippen LogP contribution in [0.3, 0.4) is 0 Å². The summed E-state index contributed by atoms with van der Waals surface area (Å²) in [5.74, 6) is -0.569. The fourth-order valence-corrected chi connectivity index (χ4v) is 2.90. The molecular weight excluding hydrogens is 276 g/mol. The Morgan fingerprint density at radius 2 is 1.77 bits per heavy atom. The van der Waals surface area contributed by atoms with Gasteiger partial charge in [0.1, 0.15) is 0 Å². The molecule has 0 atom stereocenters. The molecule has 4 heteroatoms. The number of H-pyrrole nitrogens is 1. The van der Waals surface area contributed by atoms with Crippen molar-refractivity contribution in [3.05, 3.63) is 70.9 Å².